The minimum Gasteiger partial charge on any atom is -0.497 e. The van der Waals surface area contributed by atoms with Crippen LogP contribution in [0.2, 0.25) is 0 Å². The Labute approximate surface area is 171 Å². The molecule has 0 saturated carbocycles. The van der Waals surface area contributed by atoms with Gasteiger partial charge in [0, 0.05) is 10.0 Å². The van der Waals surface area contributed by atoms with Crippen LogP contribution in [0.1, 0.15) is 30.0 Å². The van der Waals surface area contributed by atoms with E-state index in [1.54, 1.807) is 25.3 Å². The second-order valence-electron chi connectivity index (χ2n) is 6.23. The molecular formula is C20H20BrN3O4. The molecule has 7 nitrogen and oxygen atoms in total. The van der Waals surface area contributed by atoms with Crippen molar-refractivity contribution in [2.75, 3.05) is 7.11 Å². The lowest BCUT2D eigenvalue weighted by Crippen LogP contribution is -2.24. The summed E-state index contributed by atoms with van der Waals surface area (Å²) in [6, 6.07) is 12.5. The number of halogens is 1. The molecule has 0 radical (unpaired) electrons. The fourth-order valence-corrected chi connectivity index (χ4v) is 2.81. The number of carbonyl (C=O) groups excluding carboxylic acids is 1. The average Bonchev–Trinajstić information content (AvgIpc) is 3.15. The SMILES string of the molecule is COc1ccc(-c2nc(CNC(=O)c3ccc(Br)cc3OC(C)C)no2)cc1. The molecule has 146 valence electrons. The fourth-order valence-electron chi connectivity index (χ4n) is 2.47. The highest BCUT2D eigenvalue weighted by atomic mass is 79.9. The Hall–Kier alpha value is -2.87. The number of ether oxygens (including phenoxy) is 2. The largest absolute Gasteiger partial charge is 0.497 e. The molecule has 0 fully saturated rings. The molecule has 1 heterocycles. The summed E-state index contributed by atoms with van der Waals surface area (Å²) in [6.45, 7) is 3.95. The van der Waals surface area contributed by atoms with Crippen LogP contribution in [0.5, 0.6) is 11.5 Å². The molecule has 0 aliphatic heterocycles. The lowest BCUT2D eigenvalue weighted by molar-refractivity contribution is 0.0943. The standard InChI is InChI=1S/C20H20BrN3O4/c1-12(2)27-17-10-14(21)6-9-16(17)19(25)22-11-18-23-20(28-24-18)13-4-7-15(26-3)8-5-13/h4-10,12H,11H2,1-3H3,(H,22,25). The highest BCUT2D eigenvalue weighted by Gasteiger charge is 2.16. The molecule has 1 amide bonds. The lowest BCUT2D eigenvalue weighted by atomic mass is 10.2. The molecule has 1 N–H and O–H groups in total. The van der Waals surface area contributed by atoms with E-state index in [-0.39, 0.29) is 18.6 Å². The van der Waals surface area contributed by atoms with Crippen molar-refractivity contribution in [2.24, 2.45) is 0 Å². The third kappa shape index (κ3) is 4.89. The number of hydrogen-bond acceptors (Lipinski definition) is 6. The molecule has 3 rings (SSSR count). The predicted molar refractivity (Wildman–Crippen MR) is 107 cm³/mol. The highest BCUT2D eigenvalue weighted by Crippen LogP contribution is 2.25. The Bertz CT molecular complexity index is 954. The van der Waals surface area contributed by atoms with Crippen molar-refractivity contribution >= 4 is 21.8 Å². The maximum Gasteiger partial charge on any atom is 0.257 e. The summed E-state index contributed by atoms with van der Waals surface area (Å²) in [5, 5.41) is 6.71. The Morgan fingerprint density at radius 3 is 2.64 bits per heavy atom. The number of methoxy groups -OCH3 is 1. The summed E-state index contributed by atoms with van der Waals surface area (Å²) in [5.74, 6) is 1.72. The fraction of sp³-hybridized carbons (Fsp3) is 0.250. The van der Waals surface area contributed by atoms with Crippen molar-refractivity contribution in [3.05, 3.63) is 58.3 Å². The van der Waals surface area contributed by atoms with Gasteiger partial charge in [0.1, 0.15) is 11.5 Å². The van der Waals surface area contributed by atoms with Gasteiger partial charge in [-0.1, -0.05) is 21.1 Å². The molecule has 0 atom stereocenters. The van der Waals surface area contributed by atoms with E-state index in [4.69, 9.17) is 14.0 Å². The zero-order valence-corrected chi connectivity index (χ0v) is 17.3. The third-order valence-corrected chi connectivity index (χ3v) is 4.26. The molecule has 3 aromatic rings. The smallest absolute Gasteiger partial charge is 0.257 e. The molecule has 8 heteroatoms. The predicted octanol–water partition coefficient (Wildman–Crippen LogP) is 4.22. The molecule has 0 bridgehead atoms. The molecule has 0 aliphatic rings. The molecule has 2 aromatic carbocycles. The summed E-state index contributed by atoms with van der Waals surface area (Å²) >= 11 is 3.39. The second kappa shape index (κ2) is 8.88. The maximum atomic E-state index is 12.6. The first-order valence-corrected chi connectivity index (χ1v) is 9.47. The molecule has 28 heavy (non-hydrogen) atoms. The van der Waals surface area contributed by atoms with Gasteiger partial charge < -0.3 is 19.3 Å². The molecule has 0 spiro atoms. The molecule has 0 unspecified atom stereocenters. The van der Waals surface area contributed by atoms with Crippen molar-refractivity contribution < 1.29 is 18.8 Å². The van der Waals surface area contributed by atoms with Crippen LogP contribution >= 0.6 is 15.9 Å². The van der Waals surface area contributed by atoms with Gasteiger partial charge >= 0.3 is 0 Å². The van der Waals surface area contributed by atoms with E-state index in [0.29, 0.717) is 23.0 Å². The first-order valence-electron chi connectivity index (χ1n) is 8.67. The van der Waals surface area contributed by atoms with E-state index in [9.17, 15) is 4.79 Å². The van der Waals surface area contributed by atoms with Gasteiger partial charge in [-0.2, -0.15) is 4.98 Å². The summed E-state index contributed by atoms with van der Waals surface area (Å²) in [7, 11) is 1.60. The number of nitrogens with zero attached hydrogens (tertiary/aromatic N) is 2. The second-order valence-corrected chi connectivity index (χ2v) is 7.15. The van der Waals surface area contributed by atoms with E-state index in [1.807, 2.05) is 38.1 Å². The number of benzene rings is 2. The lowest BCUT2D eigenvalue weighted by Gasteiger charge is -2.14. The van der Waals surface area contributed by atoms with E-state index in [1.165, 1.54) is 0 Å². The minimum absolute atomic E-state index is 0.0508. The molecule has 0 saturated heterocycles. The summed E-state index contributed by atoms with van der Waals surface area (Å²) < 4.78 is 17.0. The van der Waals surface area contributed by atoms with Crippen LogP contribution in [0.3, 0.4) is 0 Å². The van der Waals surface area contributed by atoms with Crippen LogP contribution in [-0.4, -0.2) is 29.3 Å². The maximum absolute atomic E-state index is 12.6. The van der Waals surface area contributed by atoms with Crippen LogP contribution in [0.4, 0.5) is 0 Å². The number of amides is 1. The minimum atomic E-state index is -0.279. The van der Waals surface area contributed by atoms with Crippen LogP contribution in [-0.2, 0) is 6.54 Å². The zero-order valence-electron chi connectivity index (χ0n) is 15.7. The van der Waals surface area contributed by atoms with Crippen LogP contribution < -0.4 is 14.8 Å². The average molecular weight is 446 g/mol. The zero-order chi connectivity index (χ0) is 20.1. The number of aromatic nitrogens is 2. The van der Waals surface area contributed by atoms with Crippen molar-refractivity contribution in [3.63, 3.8) is 0 Å². The summed E-state index contributed by atoms with van der Waals surface area (Å²) in [5.41, 5.74) is 1.21. The number of carbonyl (C=O) groups is 1. The first kappa shape index (κ1) is 19.9. The van der Waals surface area contributed by atoms with E-state index in [0.717, 1.165) is 15.8 Å². The van der Waals surface area contributed by atoms with Crippen molar-refractivity contribution in [1.29, 1.82) is 0 Å². The van der Waals surface area contributed by atoms with Crippen molar-refractivity contribution in [2.45, 2.75) is 26.5 Å². The third-order valence-electron chi connectivity index (χ3n) is 3.76. The van der Waals surface area contributed by atoms with Crippen molar-refractivity contribution in [3.8, 4) is 23.0 Å². The first-order chi connectivity index (χ1) is 13.5. The Balaban J connectivity index is 1.67. The van der Waals surface area contributed by atoms with Crippen LogP contribution in [0.25, 0.3) is 11.5 Å². The topological polar surface area (TPSA) is 86.5 Å². The van der Waals surface area contributed by atoms with Gasteiger partial charge in [-0.15, -0.1) is 0 Å². The van der Waals surface area contributed by atoms with Gasteiger partial charge in [-0.25, -0.2) is 0 Å². The van der Waals surface area contributed by atoms with Gasteiger partial charge in [-0.05, 0) is 56.3 Å². The van der Waals surface area contributed by atoms with Crippen molar-refractivity contribution in [1.82, 2.24) is 15.5 Å². The Kier molecular flexibility index (Phi) is 6.30. The monoisotopic (exact) mass is 445 g/mol. The van der Waals surface area contributed by atoms with E-state index in [2.05, 4.69) is 31.4 Å². The summed E-state index contributed by atoms with van der Waals surface area (Å²) in [6.07, 6.45) is -0.0508. The van der Waals surface area contributed by atoms with Crippen LogP contribution in [0.15, 0.2) is 51.5 Å². The van der Waals surface area contributed by atoms with Gasteiger partial charge in [0.05, 0.1) is 25.3 Å². The Morgan fingerprint density at radius 1 is 1.21 bits per heavy atom. The number of hydrogen-bond donors (Lipinski definition) is 1. The summed E-state index contributed by atoms with van der Waals surface area (Å²) in [4.78, 5) is 16.9. The van der Waals surface area contributed by atoms with Crippen LogP contribution in [0, 0.1) is 0 Å². The van der Waals surface area contributed by atoms with E-state index >= 15 is 0 Å². The van der Waals surface area contributed by atoms with E-state index < -0.39 is 0 Å². The molecule has 1 aromatic heterocycles. The Morgan fingerprint density at radius 2 is 1.96 bits per heavy atom. The number of nitrogens with one attached hydrogen (secondary N) is 1. The highest BCUT2D eigenvalue weighted by molar-refractivity contribution is 9.10. The molecule has 0 aliphatic carbocycles. The van der Waals surface area contributed by atoms with Gasteiger partial charge in [0.25, 0.3) is 11.8 Å². The number of rotatable bonds is 7. The quantitative estimate of drug-likeness (QED) is 0.585. The molecular weight excluding hydrogens is 426 g/mol. The van der Waals surface area contributed by atoms with Gasteiger partial charge in [0.15, 0.2) is 5.82 Å². The van der Waals surface area contributed by atoms with Gasteiger partial charge in [0.2, 0.25) is 0 Å². The van der Waals surface area contributed by atoms with Gasteiger partial charge in [-0.3, -0.25) is 4.79 Å². The normalized spacial score (nSPS) is 10.8.